The molecule has 1 aromatic rings. The fourth-order valence-electron chi connectivity index (χ4n) is 2.16. The molecule has 0 bridgehead atoms. The minimum Gasteiger partial charge on any atom is -0.329 e. The monoisotopic (exact) mass is 194 g/mol. The molecule has 1 aromatic carbocycles. The number of fused-ring (bicyclic) bond motifs is 1. The van der Waals surface area contributed by atoms with E-state index in [4.69, 9.17) is 11.5 Å². The van der Waals surface area contributed by atoms with Crippen molar-refractivity contribution in [1.82, 2.24) is 0 Å². The lowest BCUT2D eigenvalue weighted by Gasteiger charge is -2.14. The van der Waals surface area contributed by atoms with Crippen LogP contribution in [-0.2, 0) is 12.8 Å². The molecule has 3 heteroatoms. The summed E-state index contributed by atoms with van der Waals surface area (Å²) in [6.07, 6.45) is 3.08. The van der Waals surface area contributed by atoms with Crippen LogP contribution in [-0.4, -0.2) is 6.54 Å². The Morgan fingerprint density at radius 2 is 2.14 bits per heavy atom. The molecule has 0 saturated carbocycles. The lowest BCUT2D eigenvalue weighted by atomic mass is 9.97. The number of benzene rings is 1. The highest BCUT2D eigenvalue weighted by Gasteiger charge is 2.19. The molecular weight excluding hydrogens is 179 g/mol. The van der Waals surface area contributed by atoms with Gasteiger partial charge >= 0.3 is 0 Å². The first-order chi connectivity index (χ1) is 6.72. The maximum atomic E-state index is 13.2. The van der Waals surface area contributed by atoms with E-state index in [9.17, 15) is 4.39 Å². The fourth-order valence-corrected chi connectivity index (χ4v) is 2.16. The third kappa shape index (κ3) is 1.53. The smallest absolute Gasteiger partial charge is 0.123 e. The molecule has 0 radical (unpaired) electrons. The molecule has 4 N–H and O–H groups in total. The first-order valence-corrected chi connectivity index (χ1v) is 4.99. The van der Waals surface area contributed by atoms with Crippen molar-refractivity contribution in [3.63, 3.8) is 0 Å². The normalized spacial score (nSPS) is 16.8. The maximum absolute atomic E-state index is 13.2. The van der Waals surface area contributed by atoms with Crippen LogP contribution < -0.4 is 11.5 Å². The van der Waals surface area contributed by atoms with Crippen molar-refractivity contribution < 1.29 is 4.39 Å². The third-order valence-corrected chi connectivity index (χ3v) is 2.87. The van der Waals surface area contributed by atoms with E-state index < -0.39 is 0 Å². The molecule has 2 nitrogen and oxygen atoms in total. The molecular formula is C11H15FN2. The van der Waals surface area contributed by atoms with Crippen molar-refractivity contribution in [2.75, 3.05) is 6.54 Å². The Bertz CT molecular complexity index is 349. The Morgan fingerprint density at radius 3 is 2.86 bits per heavy atom. The van der Waals surface area contributed by atoms with Gasteiger partial charge in [-0.05, 0) is 48.1 Å². The van der Waals surface area contributed by atoms with Crippen molar-refractivity contribution in [2.24, 2.45) is 11.5 Å². The number of rotatable bonds is 2. The summed E-state index contributed by atoms with van der Waals surface area (Å²) < 4.78 is 13.2. The highest BCUT2D eigenvalue weighted by Crippen LogP contribution is 2.29. The molecule has 0 fully saturated rings. The van der Waals surface area contributed by atoms with Gasteiger partial charge in [0, 0.05) is 12.6 Å². The number of nitrogens with two attached hydrogens (primary N) is 2. The number of aryl methyl sites for hydroxylation is 1. The largest absolute Gasteiger partial charge is 0.329 e. The van der Waals surface area contributed by atoms with E-state index in [0.29, 0.717) is 6.54 Å². The van der Waals surface area contributed by atoms with E-state index >= 15 is 0 Å². The van der Waals surface area contributed by atoms with Crippen LogP contribution in [0.5, 0.6) is 0 Å². The van der Waals surface area contributed by atoms with Gasteiger partial charge in [0.1, 0.15) is 5.82 Å². The molecule has 76 valence electrons. The summed E-state index contributed by atoms with van der Waals surface area (Å²) in [4.78, 5) is 0. The van der Waals surface area contributed by atoms with Gasteiger partial charge < -0.3 is 11.5 Å². The topological polar surface area (TPSA) is 52.0 Å². The Labute approximate surface area is 83.1 Å². The SMILES string of the molecule is NCC(N)c1cc(F)cc2c1CCC2. The molecule has 1 unspecified atom stereocenters. The fraction of sp³-hybridized carbons (Fsp3) is 0.455. The highest BCUT2D eigenvalue weighted by atomic mass is 19.1. The average molecular weight is 194 g/mol. The van der Waals surface area contributed by atoms with Crippen molar-refractivity contribution in [1.29, 1.82) is 0 Å². The molecule has 0 heterocycles. The van der Waals surface area contributed by atoms with Crippen LogP contribution in [0.2, 0.25) is 0 Å². The van der Waals surface area contributed by atoms with E-state index in [1.807, 2.05) is 0 Å². The summed E-state index contributed by atoms with van der Waals surface area (Å²) in [6, 6.07) is 2.93. The summed E-state index contributed by atoms with van der Waals surface area (Å²) in [5.41, 5.74) is 14.6. The Kier molecular flexibility index (Phi) is 2.52. The van der Waals surface area contributed by atoms with Gasteiger partial charge in [-0.15, -0.1) is 0 Å². The van der Waals surface area contributed by atoms with E-state index in [0.717, 1.165) is 30.4 Å². The predicted molar refractivity (Wildman–Crippen MR) is 54.4 cm³/mol. The van der Waals surface area contributed by atoms with Crippen molar-refractivity contribution in [3.05, 3.63) is 34.6 Å². The van der Waals surface area contributed by atoms with Gasteiger partial charge in [0.25, 0.3) is 0 Å². The van der Waals surface area contributed by atoms with Crippen molar-refractivity contribution >= 4 is 0 Å². The summed E-state index contributed by atoms with van der Waals surface area (Å²) >= 11 is 0. The van der Waals surface area contributed by atoms with Gasteiger partial charge in [0.2, 0.25) is 0 Å². The molecule has 0 saturated heterocycles. The van der Waals surface area contributed by atoms with Crippen molar-refractivity contribution in [2.45, 2.75) is 25.3 Å². The number of hydrogen-bond donors (Lipinski definition) is 2. The Hall–Kier alpha value is -0.930. The molecule has 1 atom stereocenters. The van der Waals surface area contributed by atoms with Gasteiger partial charge in [0.05, 0.1) is 0 Å². The minimum atomic E-state index is -0.224. The number of hydrogen-bond acceptors (Lipinski definition) is 2. The summed E-state index contributed by atoms with van der Waals surface area (Å²) in [5.74, 6) is -0.190. The molecule has 0 aliphatic heterocycles. The zero-order valence-corrected chi connectivity index (χ0v) is 8.09. The van der Waals surface area contributed by atoms with Crippen LogP contribution in [0.15, 0.2) is 12.1 Å². The Morgan fingerprint density at radius 1 is 1.36 bits per heavy atom. The van der Waals surface area contributed by atoms with Crippen LogP contribution in [0, 0.1) is 5.82 Å². The van der Waals surface area contributed by atoms with E-state index in [1.54, 1.807) is 6.07 Å². The minimum absolute atomic E-state index is 0.190. The highest BCUT2D eigenvalue weighted by molar-refractivity contribution is 5.40. The van der Waals surface area contributed by atoms with Crippen LogP contribution in [0.4, 0.5) is 4.39 Å². The lowest BCUT2D eigenvalue weighted by molar-refractivity contribution is 0.617. The second-order valence-corrected chi connectivity index (χ2v) is 3.83. The van der Waals surface area contributed by atoms with Gasteiger partial charge in [-0.2, -0.15) is 0 Å². The van der Waals surface area contributed by atoms with Crippen LogP contribution in [0.1, 0.15) is 29.2 Å². The standard InChI is InChI=1S/C11H15FN2/c12-8-4-7-2-1-3-9(7)10(5-8)11(14)6-13/h4-5,11H,1-3,6,13-14H2. The van der Waals surface area contributed by atoms with E-state index in [1.165, 1.54) is 11.6 Å². The van der Waals surface area contributed by atoms with Crippen molar-refractivity contribution in [3.8, 4) is 0 Å². The zero-order chi connectivity index (χ0) is 10.1. The van der Waals surface area contributed by atoms with Gasteiger partial charge in [0.15, 0.2) is 0 Å². The third-order valence-electron chi connectivity index (χ3n) is 2.87. The van der Waals surface area contributed by atoms with Gasteiger partial charge in [-0.1, -0.05) is 0 Å². The molecule has 0 amide bonds. The first kappa shape index (κ1) is 9.62. The molecule has 1 aliphatic rings. The molecule has 14 heavy (non-hydrogen) atoms. The van der Waals surface area contributed by atoms with Crippen LogP contribution >= 0.6 is 0 Å². The average Bonchev–Trinajstić information content (AvgIpc) is 2.62. The van der Waals surface area contributed by atoms with E-state index in [2.05, 4.69) is 0 Å². The van der Waals surface area contributed by atoms with Crippen LogP contribution in [0.25, 0.3) is 0 Å². The molecule has 0 aromatic heterocycles. The van der Waals surface area contributed by atoms with Gasteiger partial charge in [-0.25, -0.2) is 4.39 Å². The summed E-state index contributed by atoms with van der Waals surface area (Å²) in [7, 11) is 0. The second kappa shape index (κ2) is 3.67. The van der Waals surface area contributed by atoms with Crippen LogP contribution in [0.3, 0.4) is 0 Å². The Balaban J connectivity index is 2.48. The predicted octanol–water partition coefficient (Wildman–Crippen LogP) is 1.27. The van der Waals surface area contributed by atoms with Gasteiger partial charge in [-0.3, -0.25) is 0 Å². The summed E-state index contributed by atoms with van der Waals surface area (Å²) in [5, 5.41) is 0. The maximum Gasteiger partial charge on any atom is 0.123 e. The number of halogens is 1. The second-order valence-electron chi connectivity index (χ2n) is 3.83. The lowest BCUT2D eigenvalue weighted by Crippen LogP contribution is -2.22. The quantitative estimate of drug-likeness (QED) is 0.745. The molecule has 1 aliphatic carbocycles. The molecule has 0 spiro atoms. The zero-order valence-electron chi connectivity index (χ0n) is 8.09. The summed E-state index contributed by atoms with van der Waals surface area (Å²) in [6.45, 7) is 0.371. The molecule has 2 rings (SSSR count). The van der Waals surface area contributed by atoms with E-state index in [-0.39, 0.29) is 11.9 Å². The first-order valence-electron chi connectivity index (χ1n) is 4.99.